The van der Waals surface area contributed by atoms with Crippen molar-refractivity contribution in [2.24, 2.45) is 5.73 Å². The highest BCUT2D eigenvalue weighted by molar-refractivity contribution is 5.92. The molecule has 0 aliphatic heterocycles. The number of hydrogen-bond donors (Lipinski definition) is 1. The Labute approximate surface area is 106 Å². The lowest BCUT2D eigenvalue weighted by Crippen LogP contribution is -2.23. The van der Waals surface area contributed by atoms with Gasteiger partial charge in [-0.05, 0) is 26.2 Å². The van der Waals surface area contributed by atoms with Gasteiger partial charge in [0.25, 0.3) is 5.91 Å². The van der Waals surface area contributed by atoms with Gasteiger partial charge >= 0.3 is 0 Å². The molecule has 0 bridgehead atoms. The van der Waals surface area contributed by atoms with Crippen molar-refractivity contribution in [2.45, 2.75) is 44.6 Å². The van der Waals surface area contributed by atoms with Gasteiger partial charge in [0.05, 0.1) is 11.7 Å². The Morgan fingerprint density at radius 3 is 2.83 bits per heavy atom. The summed E-state index contributed by atoms with van der Waals surface area (Å²) in [5, 5.41) is 8.05. The smallest absolute Gasteiger partial charge is 0.271 e. The molecule has 0 saturated heterocycles. The van der Waals surface area contributed by atoms with Gasteiger partial charge in [0, 0.05) is 19.6 Å². The third-order valence-corrected chi connectivity index (χ3v) is 3.61. The molecule has 6 heteroatoms. The molecule has 1 aliphatic carbocycles. The van der Waals surface area contributed by atoms with Crippen molar-refractivity contribution in [1.82, 2.24) is 15.0 Å². The lowest BCUT2D eigenvalue weighted by Gasteiger charge is -2.27. The predicted molar refractivity (Wildman–Crippen MR) is 66.3 cm³/mol. The number of hydrogen-bond acceptors (Lipinski definition) is 4. The van der Waals surface area contributed by atoms with Gasteiger partial charge in [-0.2, -0.15) is 0 Å². The first-order valence-corrected chi connectivity index (χ1v) is 6.39. The van der Waals surface area contributed by atoms with E-state index in [1.165, 1.54) is 6.42 Å². The maximum absolute atomic E-state index is 11.4. The van der Waals surface area contributed by atoms with Crippen LogP contribution in [0.5, 0.6) is 0 Å². The molecule has 1 aromatic heterocycles. The predicted octanol–water partition coefficient (Wildman–Crippen LogP) is 1.24. The molecule has 1 atom stereocenters. The lowest BCUT2D eigenvalue weighted by atomic mass is 9.81. The zero-order chi connectivity index (χ0) is 13.1. The van der Waals surface area contributed by atoms with Gasteiger partial charge in [-0.1, -0.05) is 11.6 Å². The summed E-state index contributed by atoms with van der Waals surface area (Å²) in [5.74, 6) is -0.102. The molecule has 18 heavy (non-hydrogen) atoms. The van der Waals surface area contributed by atoms with E-state index < -0.39 is 5.91 Å². The molecule has 1 aliphatic rings. The van der Waals surface area contributed by atoms with E-state index in [1.54, 1.807) is 7.11 Å². The fourth-order valence-corrected chi connectivity index (χ4v) is 2.27. The normalized spacial score (nSPS) is 17.4. The Kier molecular flexibility index (Phi) is 3.96. The van der Waals surface area contributed by atoms with Gasteiger partial charge in [0.1, 0.15) is 0 Å². The third kappa shape index (κ3) is 2.38. The zero-order valence-corrected chi connectivity index (χ0v) is 10.9. The molecule has 0 spiro atoms. The summed E-state index contributed by atoms with van der Waals surface area (Å²) in [6.07, 6.45) is 4.22. The Bertz CT molecular complexity index is 426. The number of nitrogens with two attached hydrogens (primary N) is 1. The molecule has 100 valence electrons. The number of primary amides is 1. The Morgan fingerprint density at radius 2 is 2.33 bits per heavy atom. The van der Waals surface area contributed by atoms with Crippen molar-refractivity contribution in [3.05, 3.63) is 11.4 Å². The quantitative estimate of drug-likeness (QED) is 0.825. The second-order valence-corrected chi connectivity index (χ2v) is 4.89. The van der Waals surface area contributed by atoms with E-state index >= 15 is 0 Å². The van der Waals surface area contributed by atoms with Crippen molar-refractivity contribution >= 4 is 5.91 Å². The number of methoxy groups -OCH3 is 1. The summed E-state index contributed by atoms with van der Waals surface area (Å²) in [6.45, 7) is 2.72. The minimum atomic E-state index is -0.484. The highest BCUT2D eigenvalue weighted by Crippen LogP contribution is 2.38. The minimum absolute atomic E-state index is 0.168. The van der Waals surface area contributed by atoms with Crippen LogP contribution in [0.15, 0.2) is 0 Å². The van der Waals surface area contributed by atoms with Crippen LogP contribution < -0.4 is 5.73 Å². The van der Waals surface area contributed by atoms with Crippen LogP contribution in [-0.4, -0.2) is 34.6 Å². The average molecular weight is 252 g/mol. The number of carbonyl (C=O) groups excluding carboxylic acids is 1. The second-order valence-electron chi connectivity index (χ2n) is 4.89. The summed E-state index contributed by atoms with van der Waals surface area (Å²) >= 11 is 0. The van der Waals surface area contributed by atoms with Crippen LogP contribution in [0.4, 0.5) is 0 Å². The molecule has 2 rings (SSSR count). The summed E-state index contributed by atoms with van der Waals surface area (Å²) < 4.78 is 6.93. The van der Waals surface area contributed by atoms with Crippen LogP contribution in [0.3, 0.4) is 0 Å². The number of aromatic nitrogens is 3. The van der Waals surface area contributed by atoms with E-state index in [2.05, 4.69) is 17.2 Å². The molecule has 1 aromatic rings. The van der Waals surface area contributed by atoms with Crippen LogP contribution in [0.2, 0.25) is 0 Å². The number of ether oxygens (including phenoxy) is 1. The number of amides is 1. The Morgan fingerprint density at radius 1 is 1.61 bits per heavy atom. The van der Waals surface area contributed by atoms with E-state index in [4.69, 9.17) is 10.5 Å². The average Bonchev–Trinajstić information content (AvgIpc) is 2.68. The topological polar surface area (TPSA) is 83.0 Å². The van der Waals surface area contributed by atoms with Crippen LogP contribution in [-0.2, 0) is 4.74 Å². The van der Waals surface area contributed by atoms with Gasteiger partial charge in [-0.15, -0.1) is 5.10 Å². The summed E-state index contributed by atoms with van der Waals surface area (Å²) in [4.78, 5) is 11.4. The van der Waals surface area contributed by atoms with Gasteiger partial charge in [-0.25, -0.2) is 4.68 Å². The van der Waals surface area contributed by atoms with Crippen molar-refractivity contribution in [3.8, 4) is 0 Å². The molecule has 1 amide bonds. The van der Waals surface area contributed by atoms with Crippen LogP contribution in [0.1, 0.15) is 60.7 Å². The molecule has 2 N–H and O–H groups in total. The largest absolute Gasteiger partial charge is 0.385 e. The monoisotopic (exact) mass is 252 g/mol. The zero-order valence-electron chi connectivity index (χ0n) is 10.9. The molecule has 1 saturated carbocycles. The third-order valence-electron chi connectivity index (χ3n) is 3.61. The molecule has 0 aromatic carbocycles. The Balaban J connectivity index is 2.25. The summed E-state index contributed by atoms with van der Waals surface area (Å²) in [6, 6.07) is 0.168. The van der Waals surface area contributed by atoms with Gasteiger partial charge in [0.2, 0.25) is 0 Å². The van der Waals surface area contributed by atoms with Crippen molar-refractivity contribution < 1.29 is 9.53 Å². The number of rotatable bonds is 6. The lowest BCUT2D eigenvalue weighted by molar-refractivity contribution is 0.0993. The second kappa shape index (κ2) is 5.48. The van der Waals surface area contributed by atoms with E-state index in [0.717, 1.165) is 25.0 Å². The van der Waals surface area contributed by atoms with Crippen molar-refractivity contribution in [3.63, 3.8) is 0 Å². The van der Waals surface area contributed by atoms with Gasteiger partial charge in [-0.3, -0.25) is 4.79 Å². The fraction of sp³-hybridized carbons (Fsp3) is 0.750. The van der Waals surface area contributed by atoms with E-state index in [-0.39, 0.29) is 6.04 Å². The van der Waals surface area contributed by atoms with E-state index in [1.807, 2.05) is 4.68 Å². The molecule has 6 nitrogen and oxygen atoms in total. The molecule has 0 radical (unpaired) electrons. The highest BCUT2D eigenvalue weighted by atomic mass is 16.5. The van der Waals surface area contributed by atoms with E-state index in [0.29, 0.717) is 18.2 Å². The SMILES string of the molecule is COCCC(C)n1nnc(C(N)=O)c1C1CCC1. The first kappa shape index (κ1) is 13.0. The molecule has 1 unspecified atom stereocenters. The molecule has 1 fully saturated rings. The highest BCUT2D eigenvalue weighted by Gasteiger charge is 2.30. The standard InChI is InChI=1S/C12H20N4O2/c1-8(6-7-18-2)16-11(9-4-3-5-9)10(12(13)17)14-15-16/h8-9H,3-7H2,1-2H3,(H2,13,17). The van der Waals surface area contributed by atoms with Crippen molar-refractivity contribution in [2.75, 3.05) is 13.7 Å². The maximum Gasteiger partial charge on any atom is 0.271 e. The first-order valence-electron chi connectivity index (χ1n) is 6.39. The molecular formula is C12H20N4O2. The number of carbonyl (C=O) groups is 1. The van der Waals surface area contributed by atoms with Gasteiger partial charge in [0.15, 0.2) is 5.69 Å². The van der Waals surface area contributed by atoms with E-state index in [9.17, 15) is 4.79 Å². The molecule has 1 heterocycles. The maximum atomic E-state index is 11.4. The van der Waals surface area contributed by atoms with Crippen molar-refractivity contribution in [1.29, 1.82) is 0 Å². The van der Waals surface area contributed by atoms with Gasteiger partial charge < -0.3 is 10.5 Å². The minimum Gasteiger partial charge on any atom is -0.385 e. The number of nitrogens with zero attached hydrogens (tertiary/aromatic N) is 3. The summed E-state index contributed by atoms with van der Waals surface area (Å²) in [7, 11) is 1.68. The molecular weight excluding hydrogens is 232 g/mol. The summed E-state index contributed by atoms with van der Waals surface area (Å²) in [5.41, 5.74) is 6.62. The first-order chi connectivity index (χ1) is 8.65. The fourth-order valence-electron chi connectivity index (χ4n) is 2.27. The van der Waals surface area contributed by atoms with Crippen LogP contribution >= 0.6 is 0 Å². The Hall–Kier alpha value is -1.43. The van der Waals surface area contributed by atoms with Crippen LogP contribution in [0.25, 0.3) is 0 Å². The van der Waals surface area contributed by atoms with Crippen LogP contribution in [0, 0.1) is 0 Å².